The fourth-order valence-corrected chi connectivity index (χ4v) is 3.29. The lowest BCUT2D eigenvalue weighted by Crippen LogP contribution is -2.38. The summed E-state index contributed by atoms with van der Waals surface area (Å²) in [6.07, 6.45) is 5.49. The number of amides is 1. The first-order chi connectivity index (χ1) is 10.2. The number of hydrogen-bond acceptors (Lipinski definition) is 4. The van der Waals surface area contributed by atoms with Crippen molar-refractivity contribution in [2.45, 2.75) is 30.2 Å². The van der Waals surface area contributed by atoms with Crippen molar-refractivity contribution in [3.05, 3.63) is 24.3 Å². The summed E-state index contributed by atoms with van der Waals surface area (Å²) >= 11 is 1.65. The molecule has 1 aromatic carbocycles. The molecular formula is C16H25N3OS. The van der Waals surface area contributed by atoms with E-state index in [0.29, 0.717) is 12.6 Å². The second kappa shape index (κ2) is 8.41. The van der Waals surface area contributed by atoms with Crippen molar-refractivity contribution < 1.29 is 4.79 Å². The average Bonchev–Trinajstić information content (AvgIpc) is 2.76. The van der Waals surface area contributed by atoms with Gasteiger partial charge in [0.1, 0.15) is 0 Å². The second-order valence-corrected chi connectivity index (χ2v) is 6.35. The van der Waals surface area contributed by atoms with Crippen molar-refractivity contribution in [3.63, 3.8) is 0 Å². The van der Waals surface area contributed by atoms with Gasteiger partial charge in [-0.05, 0) is 57.8 Å². The molecule has 2 rings (SSSR count). The number of para-hydroxylation sites is 1. The molecule has 1 saturated heterocycles. The first kappa shape index (κ1) is 16.3. The van der Waals surface area contributed by atoms with Gasteiger partial charge in [-0.3, -0.25) is 9.69 Å². The molecule has 1 atom stereocenters. The summed E-state index contributed by atoms with van der Waals surface area (Å²) in [5.41, 5.74) is 0.908. The van der Waals surface area contributed by atoms with E-state index >= 15 is 0 Å². The zero-order valence-corrected chi connectivity index (χ0v) is 13.7. The maximum Gasteiger partial charge on any atom is 0.238 e. The molecule has 21 heavy (non-hydrogen) atoms. The Morgan fingerprint density at radius 2 is 2.19 bits per heavy atom. The monoisotopic (exact) mass is 307 g/mol. The van der Waals surface area contributed by atoms with Crippen LogP contribution in [0.15, 0.2) is 29.2 Å². The van der Waals surface area contributed by atoms with Crippen LogP contribution in [0.3, 0.4) is 0 Å². The van der Waals surface area contributed by atoms with E-state index in [-0.39, 0.29) is 5.91 Å². The van der Waals surface area contributed by atoms with Crippen LogP contribution < -0.4 is 10.6 Å². The molecule has 1 heterocycles. The van der Waals surface area contributed by atoms with Gasteiger partial charge < -0.3 is 10.6 Å². The molecule has 0 aliphatic carbocycles. The first-order valence-electron chi connectivity index (χ1n) is 7.54. The molecule has 116 valence electrons. The number of likely N-dealkylation sites (N-methyl/N-ethyl adjacent to an activating group) is 1. The summed E-state index contributed by atoms with van der Waals surface area (Å²) in [4.78, 5) is 15.5. The van der Waals surface area contributed by atoms with Crippen LogP contribution in [0.4, 0.5) is 5.69 Å². The van der Waals surface area contributed by atoms with Crippen LogP contribution in [0.5, 0.6) is 0 Å². The highest BCUT2D eigenvalue weighted by molar-refractivity contribution is 7.98. The molecule has 1 aliphatic heterocycles. The number of carbonyl (C=O) groups excluding carboxylic acids is 1. The number of hydrogen-bond donors (Lipinski definition) is 2. The summed E-state index contributed by atoms with van der Waals surface area (Å²) in [5, 5.41) is 6.44. The van der Waals surface area contributed by atoms with Crippen LogP contribution in [-0.4, -0.2) is 49.8 Å². The predicted octanol–water partition coefficient (Wildman–Crippen LogP) is 2.42. The van der Waals surface area contributed by atoms with Crippen molar-refractivity contribution in [3.8, 4) is 0 Å². The maximum absolute atomic E-state index is 12.2. The molecular weight excluding hydrogens is 282 g/mol. The third-order valence-corrected chi connectivity index (χ3v) is 4.74. The van der Waals surface area contributed by atoms with Crippen LogP contribution in [0.2, 0.25) is 0 Å². The first-order valence-corrected chi connectivity index (χ1v) is 8.77. The molecule has 4 nitrogen and oxygen atoms in total. The van der Waals surface area contributed by atoms with Crippen LogP contribution in [0.25, 0.3) is 0 Å². The Balaban J connectivity index is 1.88. The van der Waals surface area contributed by atoms with Gasteiger partial charge >= 0.3 is 0 Å². The number of thioether (sulfide) groups is 1. The molecule has 0 aromatic heterocycles. The van der Waals surface area contributed by atoms with Gasteiger partial charge in [0.15, 0.2) is 0 Å². The fraction of sp³-hybridized carbons (Fsp3) is 0.562. The number of anilines is 1. The molecule has 1 amide bonds. The molecule has 1 fully saturated rings. The number of nitrogens with one attached hydrogen (secondary N) is 2. The van der Waals surface area contributed by atoms with Gasteiger partial charge in [0.2, 0.25) is 5.91 Å². The number of benzene rings is 1. The molecule has 0 saturated carbocycles. The average molecular weight is 307 g/mol. The van der Waals surface area contributed by atoms with Gasteiger partial charge in [0.25, 0.3) is 0 Å². The lowest BCUT2D eigenvalue weighted by atomic mass is 10.1. The summed E-state index contributed by atoms with van der Waals surface area (Å²) in [6.45, 7) is 2.59. The largest absolute Gasteiger partial charge is 0.324 e. The molecule has 1 aromatic rings. The van der Waals surface area contributed by atoms with Gasteiger partial charge in [-0.1, -0.05) is 12.1 Å². The van der Waals surface area contributed by atoms with E-state index in [1.165, 1.54) is 6.42 Å². The summed E-state index contributed by atoms with van der Waals surface area (Å²) in [6, 6.07) is 8.43. The SMILES string of the molecule is CSc1ccccc1NC(=O)CN(C)C1CCCNCC1. The van der Waals surface area contributed by atoms with Gasteiger partial charge in [-0.2, -0.15) is 0 Å². The van der Waals surface area contributed by atoms with Crippen LogP contribution in [0.1, 0.15) is 19.3 Å². The minimum atomic E-state index is 0.0659. The smallest absolute Gasteiger partial charge is 0.238 e. The number of nitrogens with zero attached hydrogens (tertiary/aromatic N) is 1. The number of rotatable bonds is 5. The van der Waals surface area contributed by atoms with Crippen molar-refractivity contribution in [1.82, 2.24) is 10.2 Å². The van der Waals surface area contributed by atoms with Crippen molar-refractivity contribution in [2.24, 2.45) is 0 Å². The fourth-order valence-electron chi connectivity index (χ4n) is 2.73. The molecule has 1 unspecified atom stereocenters. The standard InChI is InChI=1S/C16H25N3OS/c1-19(13-6-5-10-17-11-9-13)12-16(20)18-14-7-3-4-8-15(14)21-2/h3-4,7-8,13,17H,5-6,9-12H2,1-2H3,(H,18,20). The van der Waals surface area contributed by atoms with Crippen molar-refractivity contribution in [2.75, 3.05) is 38.3 Å². The Hall–Kier alpha value is -1.04. The zero-order chi connectivity index (χ0) is 15.1. The van der Waals surface area contributed by atoms with Gasteiger partial charge in [-0.25, -0.2) is 0 Å². The van der Waals surface area contributed by atoms with E-state index < -0.39 is 0 Å². The van der Waals surface area contributed by atoms with Crippen molar-refractivity contribution in [1.29, 1.82) is 0 Å². The Morgan fingerprint density at radius 3 is 3.00 bits per heavy atom. The van der Waals surface area contributed by atoms with Crippen LogP contribution >= 0.6 is 11.8 Å². The highest BCUT2D eigenvalue weighted by Crippen LogP contribution is 2.24. The quantitative estimate of drug-likeness (QED) is 0.820. The molecule has 5 heteroatoms. The molecule has 2 N–H and O–H groups in total. The summed E-state index contributed by atoms with van der Waals surface area (Å²) in [7, 11) is 2.05. The molecule has 0 bridgehead atoms. The van der Waals surface area contributed by atoms with E-state index in [4.69, 9.17) is 0 Å². The zero-order valence-electron chi connectivity index (χ0n) is 12.9. The van der Waals surface area contributed by atoms with Gasteiger partial charge in [0, 0.05) is 10.9 Å². The molecule has 1 aliphatic rings. The lowest BCUT2D eigenvalue weighted by Gasteiger charge is -2.26. The van der Waals surface area contributed by atoms with E-state index in [9.17, 15) is 4.79 Å². The Bertz CT molecular complexity index is 459. The maximum atomic E-state index is 12.2. The third kappa shape index (κ3) is 5.02. The normalized spacial score (nSPS) is 19.3. The Labute approximate surface area is 131 Å². The summed E-state index contributed by atoms with van der Waals surface area (Å²) in [5.74, 6) is 0.0659. The highest BCUT2D eigenvalue weighted by atomic mass is 32.2. The van der Waals surface area contributed by atoms with Gasteiger partial charge in [0.05, 0.1) is 12.2 Å². The van der Waals surface area contributed by atoms with E-state index in [2.05, 4.69) is 22.6 Å². The minimum absolute atomic E-state index is 0.0659. The minimum Gasteiger partial charge on any atom is -0.324 e. The lowest BCUT2D eigenvalue weighted by molar-refractivity contribution is -0.117. The predicted molar refractivity (Wildman–Crippen MR) is 90.0 cm³/mol. The highest BCUT2D eigenvalue weighted by Gasteiger charge is 2.19. The summed E-state index contributed by atoms with van der Waals surface area (Å²) < 4.78 is 0. The third-order valence-electron chi connectivity index (χ3n) is 3.94. The van der Waals surface area contributed by atoms with E-state index in [0.717, 1.165) is 36.5 Å². The van der Waals surface area contributed by atoms with Crippen LogP contribution in [0, 0.1) is 0 Å². The van der Waals surface area contributed by atoms with Crippen molar-refractivity contribution >= 4 is 23.4 Å². The van der Waals surface area contributed by atoms with E-state index in [1.54, 1.807) is 11.8 Å². The van der Waals surface area contributed by atoms with Gasteiger partial charge in [-0.15, -0.1) is 11.8 Å². The molecule has 0 spiro atoms. The molecule has 0 radical (unpaired) electrons. The second-order valence-electron chi connectivity index (χ2n) is 5.50. The van der Waals surface area contributed by atoms with E-state index in [1.807, 2.05) is 30.5 Å². The Kier molecular flexibility index (Phi) is 6.54. The Morgan fingerprint density at radius 1 is 1.38 bits per heavy atom. The topological polar surface area (TPSA) is 44.4 Å². The van der Waals surface area contributed by atoms with Crippen LogP contribution in [-0.2, 0) is 4.79 Å². The number of carbonyl (C=O) groups is 1.